The number of phenolic OH excluding ortho intramolecular Hbond substituents is 1. The zero-order valence-electron chi connectivity index (χ0n) is 13.1. The Labute approximate surface area is 138 Å². The van der Waals surface area contributed by atoms with Crippen LogP contribution >= 0.6 is 0 Å². The van der Waals surface area contributed by atoms with Gasteiger partial charge in [-0.15, -0.1) is 0 Å². The number of phenols is 1. The number of hydrogen-bond donors (Lipinski definition) is 1. The topological polar surface area (TPSA) is 38.7 Å². The summed E-state index contributed by atoms with van der Waals surface area (Å²) in [6, 6.07) is 6.09. The second-order valence-corrected chi connectivity index (χ2v) is 6.43. The Kier molecular flexibility index (Phi) is 3.79. The molecule has 1 saturated carbocycles. The summed E-state index contributed by atoms with van der Waals surface area (Å²) in [5, 5.41) is 9.45. The van der Waals surface area contributed by atoms with Crippen molar-refractivity contribution in [3.8, 4) is 28.4 Å². The van der Waals surface area contributed by atoms with Gasteiger partial charge in [0.25, 0.3) is 0 Å². The van der Waals surface area contributed by atoms with E-state index in [4.69, 9.17) is 9.47 Å². The molecule has 0 amide bonds. The van der Waals surface area contributed by atoms with Gasteiger partial charge >= 0.3 is 0 Å². The summed E-state index contributed by atoms with van der Waals surface area (Å²) in [5.74, 6) is -1.08. The molecule has 4 rings (SSSR count). The maximum Gasteiger partial charge on any atom is 0.207 e. The average molecular weight is 332 g/mol. The van der Waals surface area contributed by atoms with Crippen molar-refractivity contribution in [2.45, 2.75) is 32.3 Å². The van der Waals surface area contributed by atoms with Crippen LogP contribution in [0.3, 0.4) is 0 Å². The molecule has 0 bridgehead atoms. The third-order valence-electron chi connectivity index (χ3n) is 4.88. The number of benzene rings is 2. The number of aromatic hydroxyl groups is 1. The van der Waals surface area contributed by atoms with Crippen LogP contribution in [0.5, 0.6) is 17.2 Å². The average Bonchev–Trinajstić information content (AvgIpc) is 3.11. The van der Waals surface area contributed by atoms with Gasteiger partial charge in [-0.05, 0) is 48.6 Å². The summed E-state index contributed by atoms with van der Waals surface area (Å²) in [7, 11) is 0. The maximum atomic E-state index is 14.8. The number of halogens is 2. The molecule has 1 fully saturated rings. The minimum atomic E-state index is -0.819. The van der Waals surface area contributed by atoms with Crippen LogP contribution in [0.15, 0.2) is 24.3 Å². The van der Waals surface area contributed by atoms with E-state index < -0.39 is 17.4 Å². The van der Waals surface area contributed by atoms with Gasteiger partial charge in [-0.25, -0.2) is 4.39 Å². The van der Waals surface area contributed by atoms with Gasteiger partial charge in [0.15, 0.2) is 23.1 Å². The Morgan fingerprint density at radius 3 is 2.58 bits per heavy atom. The van der Waals surface area contributed by atoms with Gasteiger partial charge < -0.3 is 14.6 Å². The van der Waals surface area contributed by atoms with Gasteiger partial charge in [0.2, 0.25) is 5.82 Å². The van der Waals surface area contributed by atoms with Crippen LogP contribution in [0, 0.1) is 17.6 Å². The van der Waals surface area contributed by atoms with Crippen molar-refractivity contribution in [2.24, 2.45) is 5.92 Å². The lowest BCUT2D eigenvalue weighted by atomic mass is 9.96. The van der Waals surface area contributed by atoms with Crippen molar-refractivity contribution in [1.82, 2.24) is 0 Å². The second-order valence-electron chi connectivity index (χ2n) is 6.43. The van der Waals surface area contributed by atoms with Crippen molar-refractivity contribution in [2.75, 3.05) is 6.61 Å². The molecule has 1 aliphatic heterocycles. The number of hydrogen-bond acceptors (Lipinski definition) is 3. The van der Waals surface area contributed by atoms with E-state index in [0.29, 0.717) is 29.2 Å². The molecule has 0 atom stereocenters. The monoisotopic (exact) mass is 332 g/mol. The molecule has 0 unspecified atom stereocenters. The standard InChI is InChI=1S/C19H18F2O3/c20-17-14-10-24-19-13(5-7-15(22)18(19)21)12(14)6-8-16(17)23-9-11-3-1-2-4-11/h5-8,11,22H,1-4,9-10H2. The van der Waals surface area contributed by atoms with E-state index in [1.54, 1.807) is 12.1 Å². The third-order valence-corrected chi connectivity index (χ3v) is 4.88. The minimum Gasteiger partial charge on any atom is -0.505 e. The first-order valence-corrected chi connectivity index (χ1v) is 8.24. The molecule has 1 heterocycles. The van der Waals surface area contributed by atoms with Crippen molar-refractivity contribution in [3.63, 3.8) is 0 Å². The summed E-state index contributed by atoms with van der Waals surface area (Å²) in [4.78, 5) is 0. The molecule has 24 heavy (non-hydrogen) atoms. The lowest BCUT2D eigenvalue weighted by molar-refractivity contribution is 0.236. The van der Waals surface area contributed by atoms with Gasteiger partial charge in [-0.3, -0.25) is 0 Å². The van der Waals surface area contributed by atoms with E-state index in [1.165, 1.54) is 25.0 Å². The highest BCUT2D eigenvalue weighted by Crippen LogP contribution is 2.44. The van der Waals surface area contributed by atoms with Crippen molar-refractivity contribution in [1.29, 1.82) is 0 Å². The summed E-state index contributed by atoms with van der Waals surface area (Å²) in [6.07, 6.45) is 4.69. The van der Waals surface area contributed by atoms with Crippen molar-refractivity contribution < 1.29 is 23.4 Å². The molecule has 2 aromatic carbocycles. The van der Waals surface area contributed by atoms with Gasteiger partial charge in [-0.2, -0.15) is 4.39 Å². The first kappa shape index (κ1) is 15.2. The lowest BCUT2D eigenvalue weighted by Crippen LogP contribution is -2.13. The van der Waals surface area contributed by atoms with Crippen molar-refractivity contribution >= 4 is 0 Å². The molecular weight excluding hydrogens is 314 g/mol. The Bertz CT molecular complexity index is 783. The first-order valence-electron chi connectivity index (χ1n) is 8.24. The Morgan fingerprint density at radius 2 is 1.79 bits per heavy atom. The van der Waals surface area contributed by atoms with Gasteiger partial charge in [0, 0.05) is 11.1 Å². The fraction of sp³-hybridized carbons (Fsp3) is 0.368. The van der Waals surface area contributed by atoms with E-state index in [0.717, 1.165) is 12.8 Å². The third kappa shape index (κ3) is 2.48. The summed E-state index contributed by atoms with van der Waals surface area (Å²) in [6.45, 7) is 0.435. The molecule has 2 aromatic rings. The zero-order chi connectivity index (χ0) is 16.7. The quantitative estimate of drug-likeness (QED) is 0.877. The highest BCUT2D eigenvalue weighted by molar-refractivity contribution is 5.77. The van der Waals surface area contributed by atoms with Crippen LogP contribution in [0.2, 0.25) is 0 Å². The number of rotatable bonds is 3. The van der Waals surface area contributed by atoms with Gasteiger partial charge in [0.05, 0.1) is 6.61 Å². The fourth-order valence-corrected chi connectivity index (χ4v) is 3.53. The van der Waals surface area contributed by atoms with E-state index in [2.05, 4.69) is 0 Å². The van der Waals surface area contributed by atoms with E-state index in [1.807, 2.05) is 0 Å². The van der Waals surface area contributed by atoms with E-state index in [9.17, 15) is 13.9 Å². The molecular formula is C19H18F2O3. The maximum absolute atomic E-state index is 14.8. The van der Waals surface area contributed by atoms with Gasteiger partial charge in [-0.1, -0.05) is 12.8 Å². The van der Waals surface area contributed by atoms with Crippen LogP contribution in [0.1, 0.15) is 31.2 Å². The molecule has 3 nitrogen and oxygen atoms in total. The predicted octanol–water partition coefficient (Wildman–Crippen LogP) is 4.80. The Balaban J connectivity index is 1.65. The zero-order valence-corrected chi connectivity index (χ0v) is 13.1. The molecule has 2 aliphatic rings. The summed E-state index contributed by atoms with van der Waals surface area (Å²) in [5.41, 5.74) is 1.37. The molecule has 0 saturated heterocycles. The summed E-state index contributed by atoms with van der Waals surface area (Å²) >= 11 is 0. The van der Waals surface area contributed by atoms with Crippen LogP contribution in [-0.4, -0.2) is 11.7 Å². The van der Waals surface area contributed by atoms with Crippen LogP contribution in [0.4, 0.5) is 8.78 Å². The Hall–Kier alpha value is -2.30. The number of ether oxygens (including phenoxy) is 2. The molecule has 0 radical (unpaired) electrons. The SMILES string of the molecule is Oc1ccc2c(c1F)OCc1c-2ccc(OCC2CCCC2)c1F. The molecule has 5 heteroatoms. The predicted molar refractivity (Wildman–Crippen MR) is 85.2 cm³/mol. The van der Waals surface area contributed by atoms with Crippen molar-refractivity contribution in [3.05, 3.63) is 41.5 Å². The highest BCUT2D eigenvalue weighted by Gasteiger charge is 2.27. The molecule has 126 valence electrons. The molecule has 0 spiro atoms. The van der Waals surface area contributed by atoms with Crippen LogP contribution in [-0.2, 0) is 6.61 Å². The van der Waals surface area contributed by atoms with E-state index >= 15 is 0 Å². The van der Waals surface area contributed by atoms with Crippen LogP contribution < -0.4 is 9.47 Å². The Morgan fingerprint density at radius 1 is 1.04 bits per heavy atom. The van der Waals surface area contributed by atoms with E-state index in [-0.39, 0.29) is 18.1 Å². The second kappa shape index (κ2) is 5.96. The molecule has 0 aromatic heterocycles. The summed E-state index contributed by atoms with van der Waals surface area (Å²) < 4.78 is 39.7. The molecule has 1 N–H and O–H groups in total. The number of fused-ring (bicyclic) bond motifs is 3. The smallest absolute Gasteiger partial charge is 0.207 e. The van der Waals surface area contributed by atoms with Gasteiger partial charge in [0.1, 0.15) is 6.61 Å². The molecule has 1 aliphatic carbocycles. The van der Waals surface area contributed by atoms with Crippen LogP contribution in [0.25, 0.3) is 11.1 Å². The minimum absolute atomic E-state index is 0.0403. The lowest BCUT2D eigenvalue weighted by Gasteiger charge is -2.23. The first-order chi connectivity index (χ1) is 11.6. The normalized spacial score (nSPS) is 16.4. The largest absolute Gasteiger partial charge is 0.505 e. The fourth-order valence-electron chi connectivity index (χ4n) is 3.53. The highest BCUT2D eigenvalue weighted by atomic mass is 19.1.